The molecule has 3 rings (SSSR count). The fraction of sp³-hybridized carbons (Fsp3) is 0.333. The third-order valence-electron chi connectivity index (χ3n) is 3.93. The molecule has 0 aliphatic heterocycles. The smallest absolute Gasteiger partial charge is 0.337 e. The first kappa shape index (κ1) is 14.6. The summed E-state index contributed by atoms with van der Waals surface area (Å²) in [5, 5.41) is 9.01. The molecule has 114 valence electrons. The summed E-state index contributed by atoms with van der Waals surface area (Å²) in [5.41, 5.74) is 3.78. The Kier molecular flexibility index (Phi) is 3.84. The summed E-state index contributed by atoms with van der Waals surface area (Å²) in [6.07, 6.45) is 3.95. The molecule has 0 unspecified atom stereocenters. The van der Waals surface area contributed by atoms with Crippen molar-refractivity contribution in [1.82, 2.24) is 4.98 Å². The van der Waals surface area contributed by atoms with E-state index in [9.17, 15) is 4.79 Å². The first-order valence-corrected chi connectivity index (χ1v) is 7.58. The van der Waals surface area contributed by atoms with Crippen molar-refractivity contribution in [3.63, 3.8) is 0 Å². The molecular formula is C18H20N2O2. The SMILES string of the molecule is Cc1cc(C)cc(N(CC2CC2)c2ccc(C(=O)O)cn2)c1. The summed E-state index contributed by atoms with van der Waals surface area (Å²) in [6.45, 7) is 5.11. The van der Waals surface area contributed by atoms with Gasteiger partial charge in [-0.25, -0.2) is 9.78 Å². The molecule has 1 fully saturated rings. The molecule has 1 aliphatic carbocycles. The van der Waals surface area contributed by atoms with Crippen molar-refractivity contribution in [2.45, 2.75) is 26.7 Å². The lowest BCUT2D eigenvalue weighted by atomic mass is 10.1. The van der Waals surface area contributed by atoms with Gasteiger partial charge in [-0.3, -0.25) is 0 Å². The molecule has 0 radical (unpaired) electrons. The van der Waals surface area contributed by atoms with Gasteiger partial charge in [0.05, 0.1) is 5.56 Å². The van der Waals surface area contributed by atoms with Gasteiger partial charge in [0.2, 0.25) is 0 Å². The number of carboxylic acid groups (broad SMARTS) is 1. The number of anilines is 2. The molecule has 0 bridgehead atoms. The van der Waals surface area contributed by atoms with Gasteiger partial charge >= 0.3 is 5.97 Å². The minimum atomic E-state index is -0.945. The van der Waals surface area contributed by atoms with Crippen LogP contribution >= 0.6 is 0 Å². The third kappa shape index (κ3) is 3.27. The normalized spacial score (nSPS) is 13.9. The number of hydrogen-bond donors (Lipinski definition) is 1. The van der Waals surface area contributed by atoms with Gasteiger partial charge in [0.15, 0.2) is 0 Å². The lowest BCUT2D eigenvalue weighted by molar-refractivity contribution is 0.0696. The number of benzene rings is 1. The predicted molar refractivity (Wildman–Crippen MR) is 86.8 cm³/mol. The summed E-state index contributed by atoms with van der Waals surface area (Å²) < 4.78 is 0. The predicted octanol–water partition coefficient (Wildman–Crippen LogP) is 3.94. The molecule has 0 saturated heterocycles. The monoisotopic (exact) mass is 296 g/mol. The number of carboxylic acids is 1. The number of nitrogens with zero attached hydrogens (tertiary/aromatic N) is 2. The number of aromatic nitrogens is 1. The minimum absolute atomic E-state index is 0.218. The third-order valence-corrected chi connectivity index (χ3v) is 3.93. The van der Waals surface area contributed by atoms with Crippen LogP contribution in [0.25, 0.3) is 0 Å². The van der Waals surface area contributed by atoms with Gasteiger partial charge in [-0.05, 0) is 68.0 Å². The first-order valence-electron chi connectivity index (χ1n) is 7.58. The second-order valence-corrected chi connectivity index (χ2v) is 6.11. The second-order valence-electron chi connectivity index (χ2n) is 6.11. The van der Waals surface area contributed by atoms with Gasteiger partial charge in [0, 0.05) is 18.4 Å². The number of pyridine rings is 1. The maximum absolute atomic E-state index is 11.0. The van der Waals surface area contributed by atoms with Crippen molar-refractivity contribution in [2.75, 3.05) is 11.4 Å². The Labute approximate surface area is 130 Å². The summed E-state index contributed by atoms with van der Waals surface area (Å²) in [5.74, 6) is 0.572. The van der Waals surface area contributed by atoms with Gasteiger partial charge in [-0.2, -0.15) is 0 Å². The summed E-state index contributed by atoms with van der Waals surface area (Å²) in [4.78, 5) is 17.5. The van der Waals surface area contributed by atoms with E-state index < -0.39 is 5.97 Å². The molecule has 0 atom stereocenters. The van der Waals surface area contributed by atoms with E-state index in [1.807, 2.05) is 0 Å². The number of aryl methyl sites for hydroxylation is 2. The van der Waals surface area contributed by atoms with Gasteiger partial charge < -0.3 is 10.0 Å². The van der Waals surface area contributed by atoms with Crippen LogP contribution in [0.5, 0.6) is 0 Å². The molecule has 0 spiro atoms. The molecule has 1 aliphatic rings. The molecule has 0 amide bonds. The minimum Gasteiger partial charge on any atom is -0.478 e. The molecule has 1 saturated carbocycles. The van der Waals surface area contributed by atoms with Crippen molar-refractivity contribution >= 4 is 17.5 Å². The number of carbonyl (C=O) groups is 1. The van der Waals surface area contributed by atoms with Crippen LogP contribution in [0, 0.1) is 19.8 Å². The number of aromatic carboxylic acids is 1. The zero-order valence-electron chi connectivity index (χ0n) is 12.9. The van der Waals surface area contributed by atoms with Crippen molar-refractivity contribution in [2.24, 2.45) is 5.92 Å². The molecule has 2 aromatic rings. The van der Waals surface area contributed by atoms with E-state index in [4.69, 9.17) is 5.11 Å². The van der Waals surface area contributed by atoms with Crippen LogP contribution < -0.4 is 4.90 Å². The molecule has 4 nitrogen and oxygen atoms in total. The van der Waals surface area contributed by atoms with Crippen molar-refractivity contribution in [3.8, 4) is 0 Å². The van der Waals surface area contributed by atoms with Gasteiger partial charge in [0.1, 0.15) is 5.82 Å². The Bertz CT molecular complexity index is 670. The highest BCUT2D eigenvalue weighted by Crippen LogP contribution is 2.35. The number of rotatable bonds is 5. The van der Waals surface area contributed by atoms with E-state index >= 15 is 0 Å². The standard InChI is InChI=1S/C18H20N2O2/c1-12-7-13(2)9-16(8-12)20(11-14-3-4-14)17-6-5-15(10-19-17)18(21)22/h5-10,14H,3-4,11H2,1-2H3,(H,21,22). The Hall–Kier alpha value is -2.36. The fourth-order valence-corrected chi connectivity index (χ4v) is 2.67. The van der Waals surface area contributed by atoms with E-state index in [-0.39, 0.29) is 5.56 Å². The summed E-state index contributed by atoms with van der Waals surface area (Å²) >= 11 is 0. The Morgan fingerprint density at radius 1 is 1.23 bits per heavy atom. The zero-order valence-corrected chi connectivity index (χ0v) is 12.9. The highest BCUT2D eigenvalue weighted by atomic mass is 16.4. The van der Waals surface area contributed by atoms with Crippen molar-refractivity contribution in [1.29, 1.82) is 0 Å². The summed E-state index contributed by atoms with van der Waals surface area (Å²) in [7, 11) is 0. The molecule has 22 heavy (non-hydrogen) atoms. The van der Waals surface area contributed by atoms with E-state index in [2.05, 4.69) is 41.9 Å². The van der Waals surface area contributed by atoms with Gasteiger partial charge in [0.25, 0.3) is 0 Å². The number of hydrogen-bond acceptors (Lipinski definition) is 3. The van der Waals surface area contributed by atoms with Crippen LogP contribution in [0.4, 0.5) is 11.5 Å². The highest BCUT2D eigenvalue weighted by Gasteiger charge is 2.26. The average Bonchev–Trinajstić information content (AvgIpc) is 3.28. The highest BCUT2D eigenvalue weighted by molar-refractivity contribution is 5.87. The molecule has 1 aromatic carbocycles. The van der Waals surface area contributed by atoms with E-state index in [0.29, 0.717) is 5.92 Å². The average molecular weight is 296 g/mol. The fourth-order valence-electron chi connectivity index (χ4n) is 2.67. The van der Waals surface area contributed by atoms with Crippen LogP contribution in [0.1, 0.15) is 34.3 Å². The van der Waals surface area contributed by atoms with Gasteiger partial charge in [-0.1, -0.05) is 6.07 Å². The van der Waals surface area contributed by atoms with Crippen LogP contribution in [-0.2, 0) is 0 Å². The largest absolute Gasteiger partial charge is 0.478 e. The van der Waals surface area contributed by atoms with E-state index in [0.717, 1.165) is 18.1 Å². The molecule has 1 N–H and O–H groups in total. The topological polar surface area (TPSA) is 53.4 Å². The lowest BCUT2D eigenvalue weighted by Crippen LogP contribution is -2.21. The van der Waals surface area contributed by atoms with Crippen LogP contribution in [0.15, 0.2) is 36.5 Å². The van der Waals surface area contributed by atoms with Crippen molar-refractivity contribution in [3.05, 3.63) is 53.2 Å². The quantitative estimate of drug-likeness (QED) is 0.908. The Morgan fingerprint density at radius 2 is 1.91 bits per heavy atom. The zero-order chi connectivity index (χ0) is 15.7. The second kappa shape index (κ2) is 5.79. The van der Waals surface area contributed by atoms with Crippen molar-refractivity contribution < 1.29 is 9.90 Å². The van der Waals surface area contributed by atoms with E-state index in [1.54, 1.807) is 12.1 Å². The molecule has 1 heterocycles. The Balaban J connectivity index is 1.96. The maximum Gasteiger partial charge on any atom is 0.337 e. The van der Waals surface area contributed by atoms with Crippen LogP contribution in [-0.4, -0.2) is 22.6 Å². The molecule has 1 aromatic heterocycles. The van der Waals surface area contributed by atoms with Crippen LogP contribution in [0.3, 0.4) is 0 Å². The summed E-state index contributed by atoms with van der Waals surface area (Å²) in [6, 6.07) is 9.88. The molecule has 4 heteroatoms. The van der Waals surface area contributed by atoms with Gasteiger partial charge in [-0.15, -0.1) is 0 Å². The first-order chi connectivity index (χ1) is 10.5. The lowest BCUT2D eigenvalue weighted by Gasteiger charge is -2.25. The maximum atomic E-state index is 11.0. The Morgan fingerprint density at radius 3 is 2.41 bits per heavy atom. The molecular weight excluding hydrogens is 276 g/mol. The van der Waals surface area contributed by atoms with E-state index in [1.165, 1.54) is 30.2 Å². The van der Waals surface area contributed by atoms with Crippen LogP contribution in [0.2, 0.25) is 0 Å².